The first kappa shape index (κ1) is 43.2. The lowest BCUT2D eigenvalue weighted by Gasteiger charge is -2.16. The number of benzene rings is 7. The number of aryl methyl sites for hydroxylation is 2. The molecule has 1 aliphatic heterocycles. The second kappa shape index (κ2) is 17.6. The molecule has 6 aromatic heterocycles. The number of aromatic nitrogens is 7. The molecule has 9 heteroatoms. The third kappa shape index (κ3) is 7.26. The van der Waals surface area contributed by atoms with Gasteiger partial charge in [-0.3, -0.25) is 9.13 Å². The number of thioether (sulfide) groups is 1. The van der Waals surface area contributed by atoms with E-state index in [0.29, 0.717) is 5.25 Å². The minimum absolute atomic E-state index is 0.327. The molecule has 73 heavy (non-hydrogen) atoms. The highest BCUT2D eigenvalue weighted by Crippen LogP contribution is 2.45. The van der Waals surface area contributed by atoms with E-state index < -0.39 is 0 Å². The number of hydrogen-bond donors (Lipinski definition) is 0. The lowest BCUT2D eigenvalue weighted by Crippen LogP contribution is -2.02. The molecule has 0 saturated carbocycles. The molecule has 0 spiro atoms. The maximum atomic E-state index is 4.82. The van der Waals surface area contributed by atoms with Crippen LogP contribution in [0.15, 0.2) is 229 Å². The minimum atomic E-state index is 0.327. The van der Waals surface area contributed by atoms with Gasteiger partial charge in [-0.2, -0.15) is 0 Å². The lowest BCUT2D eigenvalue weighted by atomic mass is 10.0. The summed E-state index contributed by atoms with van der Waals surface area (Å²) in [6.45, 7) is 4.16. The van der Waals surface area contributed by atoms with Gasteiger partial charge in [-0.15, -0.1) is 23.1 Å². The monoisotopic (exact) mass is 977 g/mol. The number of allylic oxidation sites excluding steroid dienone is 1. The molecule has 1 atom stereocenters. The number of hydrogen-bond acceptors (Lipinski definition) is 4. The molecule has 7 heterocycles. The Labute approximate surface area is 431 Å². The van der Waals surface area contributed by atoms with Crippen molar-refractivity contribution in [1.82, 2.24) is 32.8 Å². The molecule has 13 aromatic rings. The average molecular weight is 978 g/mol. The Morgan fingerprint density at radius 2 is 0.959 bits per heavy atom. The average Bonchev–Trinajstić information content (AvgIpc) is 4.33. The summed E-state index contributed by atoms with van der Waals surface area (Å²) in [5, 5.41) is 7.07. The molecule has 7 nitrogen and oxygen atoms in total. The maximum absolute atomic E-state index is 4.82. The molecular formula is C64H47N7S2. The van der Waals surface area contributed by atoms with Crippen molar-refractivity contribution >= 4 is 55.9 Å². The molecule has 0 aliphatic carbocycles. The van der Waals surface area contributed by atoms with E-state index in [2.05, 4.69) is 254 Å². The number of fused-ring (bicyclic) bond motifs is 4. The van der Waals surface area contributed by atoms with Crippen LogP contribution < -0.4 is 0 Å². The van der Waals surface area contributed by atoms with Crippen molar-refractivity contribution in [2.24, 2.45) is 0 Å². The summed E-state index contributed by atoms with van der Waals surface area (Å²) in [7, 11) is 0. The van der Waals surface area contributed by atoms with Crippen LogP contribution >= 0.6 is 23.1 Å². The van der Waals surface area contributed by atoms with Crippen LogP contribution in [0.25, 0.3) is 105 Å². The van der Waals surface area contributed by atoms with Crippen LogP contribution in [0.5, 0.6) is 0 Å². The van der Waals surface area contributed by atoms with Crippen molar-refractivity contribution in [1.29, 1.82) is 0 Å². The second-order valence-corrected chi connectivity index (χ2v) is 20.8. The third-order valence-corrected chi connectivity index (χ3v) is 16.4. The first-order chi connectivity index (χ1) is 36.0. The van der Waals surface area contributed by atoms with Gasteiger partial charge in [0.2, 0.25) is 0 Å². The Hall–Kier alpha value is -8.63. The summed E-state index contributed by atoms with van der Waals surface area (Å²) in [5.74, 6) is 1.87. The van der Waals surface area contributed by atoms with Crippen molar-refractivity contribution < 1.29 is 0 Å². The Morgan fingerprint density at radius 3 is 1.55 bits per heavy atom. The predicted octanol–water partition coefficient (Wildman–Crippen LogP) is 16.9. The van der Waals surface area contributed by atoms with Gasteiger partial charge in [0, 0.05) is 56.0 Å². The summed E-state index contributed by atoms with van der Waals surface area (Å²) in [6, 6.07) is 72.9. The fourth-order valence-electron chi connectivity index (χ4n) is 11.1. The highest BCUT2D eigenvalue weighted by atomic mass is 32.2. The zero-order chi connectivity index (χ0) is 48.6. The number of thiophene rings is 1. The molecule has 0 amide bonds. The van der Waals surface area contributed by atoms with E-state index in [1.54, 1.807) is 11.3 Å². The van der Waals surface area contributed by atoms with E-state index in [1.807, 2.05) is 24.2 Å². The van der Waals surface area contributed by atoms with Gasteiger partial charge in [0.15, 0.2) is 0 Å². The molecule has 1 aliphatic rings. The van der Waals surface area contributed by atoms with E-state index in [0.717, 1.165) is 96.4 Å². The van der Waals surface area contributed by atoms with E-state index in [1.165, 1.54) is 32.9 Å². The molecule has 0 saturated heterocycles. The zero-order valence-electron chi connectivity index (χ0n) is 40.2. The van der Waals surface area contributed by atoms with Crippen LogP contribution in [0.2, 0.25) is 0 Å². The molecule has 0 fully saturated rings. The van der Waals surface area contributed by atoms with E-state index in [4.69, 9.17) is 9.97 Å². The van der Waals surface area contributed by atoms with Crippen LogP contribution in [-0.4, -0.2) is 32.8 Å². The Bertz CT molecular complexity index is 4060. The van der Waals surface area contributed by atoms with Crippen LogP contribution in [0.1, 0.15) is 29.0 Å². The molecule has 1 unspecified atom stereocenters. The number of rotatable bonds is 10. The van der Waals surface area contributed by atoms with Gasteiger partial charge in [-0.05, 0) is 133 Å². The van der Waals surface area contributed by atoms with Crippen LogP contribution in [0, 0.1) is 13.8 Å². The van der Waals surface area contributed by atoms with Crippen LogP contribution in [0.3, 0.4) is 0 Å². The normalized spacial score (nSPS) is 13.6. The summed E-state index contributed by atoms with van der Waals surface area (Å²) < 4.78 is 11.9. The molecule has 350 valence electrons. The fourth-order valence-corrected chi connectivity index (χ4v) is 12.8. The molecule has 0 N–H and O–H groups in total. The SMILES string of the molecule is Cc1ncc(-c2ccccc2)n1-c1ccc2c(c1)c1cc(-n3c(-c4ccccc4)cnc3C)ccc1n2-c1ccc(-c2cccc(-n3c(C4CC=CS4)cc4c3cc(-c3cccs3)n4-c3ccccc3)c2)cc1. The minimum Gasteiger partial charge on any atom is -0.311 e. The second-order valence-electron chi connectivity index (χ2n) is 18.7. The topological polar surface area (TPSA) is 50.4 Å². The quantitative estimate of drug-likeness (QED) is 0.137. The summed E-state index contributed by atoms with van der Waals surface area (Å²) >= 11 is 3.69. The van der Waals surface area contributed by atoms with Gasteiger partial charge in [-0.1, -0.05) is 115 Å². The highest BCUT2D eigenvalue weighted by Gasteiger charge is 2.26. The molecule has 0 radical (unpaired) electrons. The van der Waals surface area contributed by atoms with Crippen molar-refractivity contribution in [3.05, 3.63) is 247 Å². The highest BCUT2D eigenvalue weighted by molar-refractivity contribution is 8.02. The van der Waals surface area contributed by atoms with Gasteiger partial charge < -0.3 is 13.7 Å². The van der Waals surface area contributed by atoms with E-state index in [-0.39, 0.29) is 0 Å². The van der Waals surface area contributed by atoms with Crippen LogP contribution in [-0.2, 0) is 0 Å². The van der Waals surface area contributed by atoms with Crippen molar-refractivity contribution in [2.45, 2.75) is 25.5 Å². The Kier molecular flexibility index (Phi) is 10.4. The van der Waals surface area contributed by atoms with Gasteiger partial charge in [0.05, 0.1) is 61.7 Å². The summed E-state index contributed by atoms with van der Waals surface area (Å²) in [4.78, 5) is 10.9. The molecule has 14 rings (SSSR count). The number of nitrogens with zero attached hydrogens (tertiary/aromatic N) is 7. The van der Waals surface area contributed by atoms with Crippen molar-refractivity contribution in [3.8, 4) is 72.6 Å². The lowest BCUT2D eigenvalue weighted by molar-refractivity contribution is 0.890. The predicted molar refractivity (Wildman–Crippen MR) is 304 cm³/mol. The largest absolute Gasteiger partial charge is 0.311 e. The molecular weight excluding hydrogens is 931 g/mol. The van der Waals surface area contributed by atoms with Crippen molar-refractivity contribution in [2.75, 3.05) is 0 Å². The first-order valence-electron chi connectivity index (χ1n) is 24.7. The van der Waals surface area contributed by atoms with E-state index in [9.17, 15) is 0 Å². The Balaban J connectivity index is 0.898. The smallest absolute Gasteiger partial charge is 0.110 e. The van der Waals surface area contributed by atoms with Gasteiger partial charge in [0.25, 0.3) is 0 Å². The fraction of sp³-hybridized carbons (Fsp3) is 0.0625. The zero-order valence-corrected chi connectivity index (χ0v) is 41.8. The van der Waals surface area contributed by atoms with E-state index >= 15 is 0 Å². The van der Waals surface area contributed by atoms with Gasteiger partial charge in [-0.25, -0.2) is 9.97 Å². The van der Waals surface area contributed by atoms with Crippen LogP contribution in [0.4, 0.5) is 0 Å². The molecule has 7 aromatic carbocycles. The third-order valence-electron chi connectivity index (χ3n) is 14.4. The molecule has 0 bridgehead atoms. The standard InChI is InChI=1S/C64H47N7S2/c1-42-65-40-61(45-15-6-3-7-16-45)67(42)51-29-31-55-53(36-51)54-37-52(68-43(2)66-41-62(68)46-17-8-4-9-18-46)30-32-56(54)69(55)49-27-25-44(26-28-49)47-19-12-22-50(35-47)71-58-39-59(63-23-13-33-72-63)70(48-20-10-5-11-21-48)57(58)38-60(71)64-24-14-34-73-64/h3-23,25-41,64H,24H2,1-2H3. The summed E-state index contributed by atoms with van der Waals surface area (Å²) in [5.41, 5.74) is 19.4. The first-order valence-corrected chi connectivity index (χ1v) is 26.5. The maximum Gasteiger partial charge on any atom is 0.110 e. The number of para-hydroxylation sites is 1. The van der Waals surface area contributed by atoms with Gasteiger partial charge >= 0.3 is 0 Å². The van der Waals surface area contributed by atoms with Crippen molar-refractivity contribution in [3.63, 3.8) is 0 Å². The number of imidazole rings is 2. The summed E-state index contributed by atoms with van der Waals surface area (Å²) in [6.07, 6.45) is 7.27. The Morgan fingerprint density at radius 1 is 0.411 bits per heavy atom. The van der Waals surface area contributed by atoms with Gasteiger partial charge in [0.1, 0.15) is 11.6 Å².